The van der Waals surface area contributed by atoms with Gasteiger partial charge in [0, 0.05) is 18.8 Å². The molecule has 1 aliphatic rings. The second-order valence-electron chi connectivity index (χ2n) is 5.37. The smallest absolute Gasteiger partial charge is 0.148 e. The largest absolute Gasteiger partial charge is 0.398 e. The molecule has 0 radical (unpaired) electrons. The lowest BCUT2D eigenvalue weighted by atomic mass is 9.98. The fourth-order valence-corrected chi connectivity index (χ4v) is 2.90. The van der Waals surface area contributed by atoms with Crippen LogP contribution in [0.3, 0.4) is 0 Å². The molecular formula is C17H16N4. The maximum atomic E-state index is 6.11. The van der Waals surface area contributed by atoms with Crippen LogP contribution in [0, 0.1) is 0 Å². The molecule has 104 valence electrons. The molecule has 2 aromatic carbocycles. The number of fused-ring (bicyclic) bond motifs is 2. The van der Waals surface area contributed by atoms with E-state index in [1.165, 1.54) is 11.1 Å². The van der Waals surface area contributed by atoms with Crippen LogP contribution in [0.5, 0.6) is 0 Å². The van der Waals surface area contributed by atoms with Crippen LogP contribution < -0.4 is 10.6 Å². The van der Waals surface area contributed by atoms with Crippen molar-refractivity contribution in [3.8, 4) is 0 Å². The molecule has 0 atom stereocenters. The van der Waals surface area contributed by atoms with Gasteiger partial charge >= 0.3 is 0 Å². The van der Waals surface area contributed by atoms with Crippen molar-refractivity contribution in [1.29, 1.82) is 0 Å². The first-order chi connectivity index (χ1) is 10.3. The Hall–Kier alpha value is -2.62. The fraction of sp³-hybridized carbons (Fsp3) is 0.176. The first kappa shape index (κ1) is 12.1. The van der Waals surface area contributed by atoms with Gasteiger partial charge in [-0.3, -0.25) is 4.98 Å². The van der Waals surface area contributed by atoms with E-state index in [0.717, 1.165) is 42.0 Å². The van der Waals surface area contributed by atoms with Crippen LogP contribution in [0.15, 0.2) is 48.7 Å². The molecule has 1 aromatic heterocycles. The van der Waals surface area contributed by atoms with Gasteiger partial charge in [-0.05, 0) is 35.7 Å². The number of nitrogens with two attached hydrogens (primary N) is 1. The van der Waals surface area contributed by atoms with Gasteiger partial charge in [-0.1, -0.05) is 24.3 Å². The molecule has 0 saturated carbocycles. The molecular weight excluding hydrogens is 260 g/mol. The van der Waals surface area contributed by atoms with Crippen LogP contribution in [-0.2, 0) is 13.0 Å². The predicted octanol–water partition coefficient (Wildman–Crippen LogP) is 2.77. The summed E-state index contributed by atoms with van der Waals surface area (Å²) in [6.07, 6.45) is 2.85. The van der Waals surface area contributed by atoms with Gasteiger partial charge in [-0.2, -0.15) is 0 Å². The zero-order valence-electron chi connectivity index (χ0n) is 11.7. The fourth-order valence-electron chi connectivity index (χ4n) is 2.90. The highest BCUT2D eigenvalue weighted by Crippen LogP contribution is 2.27. The summed E-state index contributed by atoms with van der Waals surface area (Å²) in [5.74, 6) is 0.919. The van der Waals surface area contributed by atoms with Crippen LogP contribution in [0.25, 0.3) is 11.0 Å². The van der Waals surface area contributed by atoms with Crippen molar-refractivity contribution in [3.63, 3.8) is 0 Å². The molecule has 3 aromatic rings. The van der Waals surface area contributed by atoms with Crippen LogP contribution >= 0.6 is 0 Å². The number of para-hydroxylation sites is 2. The van der Waals surface area contributed by atoms with E-state index in [1.807, 2.05) is 42.6 Å². The van der Waals surface area contributed by atoms with Crippen molar-refractivity contribution in [3.05, 3.63) is 59.8 Å². The van der Waals surface area contributed by atoms with E-state index in [-0.39, 0.29) is 0 Å². The Kier molecular flexibility index (Phi) is 2.74. The van der Waals surface area contributed by atoms with Gasteiger partial charge in [-0.15, -0.1) is 0 Å². The molecule has 0 aliphatic carbocycles. The van der Waals surface area contributed by atoms with E-state index < -0.39 is 0 Å². The summed E-state index contributed by atoms with van der Waals surface area (Å²) >= 11 is 0. The molecule has 4 rings (SSSR count). The number of nitrogen functional groups attached to an aromatic ring is 1. The van der Waals surface area contributed by atoms with E-state index in [9.17, 15) is 0 Å². The molecule has 2 heterocycles. The van der Waals surface area contributed by atoms with E-state index in [2.05, 4.69) is 16.0 Å². The summed E-state index contributed by atoms with van der Waals surface area (Å²) in [5.41, 5.74) is 11.4. The Bertz CT molecular complexity index is 813. The van der Waals surface area contributed by atoms with Crippen LogP contribution in [0.1, 0.15) is 11.1 Å². The highest BCUT2D eigenvalue weighted by molar-refractivity contribution is 5.75. The molecule has 1 aliphatic heterocycles. The summed E-state index contributed by atoms with van der Waals surface area (Å²) in [7, 11) is 0. The monoisotopic (exact) mass is 276 g/mol. The Balaban J connectivity index is 1.72. The summed E-state index contributed by atoms with van der Waals surface area (Å²) in [6.45, 7) is 1.75. The minimum atomic E-state index is 0.801. The third-order valence-corrected chi connectivity index (χ3v) is 4.07. The number of benzene rings is 2. The topological polar surface area (TPSA) is 55.0 Å². The molecule has 0 bridgehead atoms. The lowest BCUT2D eigenvalue weighted by Gasteiger charge is -2.30. The minimum absolute atomic E-state index is 0.801. The zero-order chi connectivity index (χ0) is 14.2. The third-order valence-electron chi connectivity index (χ3n) is 4.07. The van der Waals surface area contributed by atoms with Crippen molar-refractivity contribution >= 4 is 22.5 Å². The summed E-state index contributed by atoms with van der Waals surface area (Å²) in [6, 6.07) is 14.1. The maximum absolute atomic E-state index is 6.11. The van der Waals surface area contributed by atoms with Crippen LogP contribution in [0.4, 0.5) is 11.5 Å². The highest BCUT2D eigenvalue weighted by Gasteiger charge is 2.19. The van der Waals surface area contributed by atoms with Gasteiger partial charge in [0.25, 0.3) is 0 Å². The third kappa shape index (κ3) is 2.09. The van der Waals surface area contributed by atoms with Gasteiger partial charge in [0.1, 0.15) is 5.82 Å². The average molecular weight is 276 g/mol. The highest BCUT2D eigenvalue weighted by atomic mass is 15.2. The minimum Gasteiger partial charge on any atom is -0.398 e. The standard InChI is InChI=1S/C17H16N4/c18-14-5-3-4-12-8-9-21(11-13(12)14)17-10-19-15-6-1-2-7-16(15)20-17/h1-7,10H,8-9,11,18H2. The predicted molar refractivity (Wildman–Crippen MR) is 85.1 cm³/mol. The molecule has 0 saturated heterocycles. The van der Waals surface area contributed by atoms with Crippen LogP contribution in [-0.4, -0.2) is 16.5 Å². The lowest BCUT2D eigenvalue weighted by molar-refractivity contribution is 0.722. The Morgan fingerprint density at radius 3 is 2.76 bits per heavy atom. The maximum Gasteiger partial charge on any atom is 0.148 e. The van der Waals surface area contributed by atoms with Gasteiger partial charge in [-0.25, -0.2) is 4.98 Å². The quantitative estimate of drug-likeness (QED) is 0.694. The van der Waals surface area contributed by atoms with Crippen molar-refractivity contribution in [2.45, 2.75) is 13.0 Å². The molecule has 21 heavy (non-hydrogen) atoms. The number of nitrogens with zero attached hydrogens (tertiary/aromatic N) is 3. The van der Waals surface area contributed by atoms with Gasteiger partial charge in [0.05, 0.1) is 17.2 Å². The lowest BCUT2D eigenvalue weighted by Crippen LogP contribution is -2.31. The van der Waals surface area contributed by atoms with E-state index in [0.29, 0.717) is 0 Å². The van der Waals surface area contributed by atoms with Crippen molar-refractivity contribution in [1.82, 2.24) is 9.97 Å². The molecule has 0 spiro atoms. The Morgan fingerprint density at radius 2 is 1.86 bits per heavy atom. The Labute approximate surface area is 123 Å². The molecule has 0 unspecified atom stereocenters. The molecule has 0 fully saturated rings. The summed E-state index contributed by atoms with van der Waals surface area (Å²) in [4.78, 5) is 11.5. The number of aromatic nitrogens is 2. The first-order valence-electron chi connectivity index (χ1n) is 7.14. The Morgan fingerprint density at radius 1 is 1.00 bits per heavy atom. The van der Waals surface area contributed by atoms with E-state index >= 15 is 0 Å². The number of anilines is 2. The second-order valence-corrected chi connectivity index (χ2v) is 5.37. The molecule has 4 nitrogen and oxygen atoms in total. The normalized spacial score (nSPS) is 14.2. The number of hydrogen-bond donors (Lipinski definition) is 1. The van der Waals surface area contributed by atoms with Crippen molar-refractivity contribution in [2.24, 2.45) is 0 Å². The number of hydrogen-bond acceptors (Lipinski definition) is 4. The molecule has 4 heteroatoms. The van der Waals surface area contributed by atoms with Gasteiger partial charge in [0.2, 0.25) is 0 Å². The summed E-state index contributed by atoms with van der Waals surface area (Å²) in [5, 5.41) is 0. The second kappa shape index (κ2) is 4.74. The first-order valence-corrected chi connectivity index (χ1v) is 7.14. The molecule has 2 N–H and O–H groups in total. The van der Waals surface area contributed by atoms with Gasteiger partial charge in [0.15, 0.2) is 0 Å². The SMILES string of the molecule is Nc1cccc2c1CN(c1cnc3ccccc3n1)CC2. The van der Waals surface area contributed by atoms with E-state index in [1.54, 1.807) is 0 Å². The zero-order valence-corrected chi connectivity index (χ0v) is 11.7. The van der Waals surface area contributed by atoms with E-state index in [4.69, 9.17) is 10.7 Å². The van der Waals surface area contributed by atoms with Crippen LogP contribution in [0.2, 0.25) is 0 Å². The van der Waals surface area contributed by atoms with Crippen molar-refractivity contribution < 1.29 is 0 Å². The molecule has 0 amide bonds. The van der Waals surface area contributed by atoms with Crippen molar-refractivity contribution in [2.75, 3.05) is 17.2 Å². The number of rotatable bonds is 1. The van der Waals surface area contributed by atoms with Gasteiger partial charge < -0.3 is 10.6 Å². The summed E-state index contributed by atoms with van der Waals surface area (Å²) < 4.78 is 0. The average Bonchev–Trinajstić information content (AvgIpc) is 2.54.